The molecule has 7 heteroatoms. The van der Waals surface area contributed by atoms with Crippen molar-refractivity contribution in [2.24, 2.45) is 5.16 Å². The van der Waals surface area contributed by atoms with Crippen LogP contribution in [0.2, 0.25) is 5.02 Å². The zero-order chi connectivity index (χ0) is 21.6. The number of benzene rings is 3. The number of thioether (sulfide) groups is 1. The lowest BCUT2D eigenvalue weighted by atomic mass is 10.2. The van der Waals surface area contributed by atoms with Crippen LogP contribution in [0.1, 0.15) is 21.5 Å². The monoisotopic (exact) mass is 450 g/mol. The number of aromatic nitrogens is 1. The van der Waals surface area contributed by atoms with E-state index in [0.29, 0.717) is 10.8 Å². The number of carbonyl (C=O) groups excluding carboxylic acids is 1. The molecule has 0 spiro atoms. The Morgan fingerprint density at radius 2 is 1.81 bits per heavy atom. The fourth-order valence-electron chi connectivity index (χ4n) is 2.82. The van der Waals surface area contributed by atoms with Gasteiger partial charge in [-0.05, 0) is 54.1 Å². The van der Waals surface area contributed by atoms with Crippen LogP contribution in [0.25, 0.3) is 10.9 Å². The molecule has 0 saturated carbocycles. The Morgan fingerprint density at radius 1 is 1.06 bits per heavy atom. The van der Waals surface area contributed by atoms with Gasteiger partial charge in [-0.25, -0.2) is 14.2 Å². The molecule has 0 aliphatic rings. The third-order valence-corrected chi connectivity index (χ3v) is 5.74. The summed E-state index contributed by atoms with van der Waals surface area (Å²) in [6.07, 6.45) is 1.46. The number of nitrogens with zero attached hydrogens (tertiary/aromatic N) is 2. The van der Waals surface area contributed by atoms with Crippen molar-refractivity contribution in [1.29, 1.82) is 0 Å². The molecule has 31 heavy (non-hydrogen) atoms. The molecule has 3 aromatic carbocycles. The Labute approximate surface area is 187 Å². The highest BCUT2D eigenvalue weighted by molar-refractivity contribution is 7.98. The Kier molecular flexibility index (Phi) is 6.60. The normalized spacial score (nSPS) is 11.2. The van der Waals surface area contributed by atoms with Crippen LogP contribution in [-0.4, -0.2) is 17.2 Å². The summed E-state index contributed by atoms with van der Waals surface area (Å²) in [5, 5.41) is 6.23. The Bertz CT molecular complexity index is 1240. The highest BCUT2D eigenvalue weighted by Gasteiger charge is 2.09. The molecule has 4 aromatic rings. The Morgan fingerprint density at radius 3 is 2.58 bits per heavy atom. The molecular weight excluding hydrogens is 435 g/mol. The zero-order valence-electron chi connectivity index (χ0n) is 16.2. The van der Waals surface area contributed by atoms with Gasteiger partial charge in [0.2, 0.25) is 0 Å². The summed E-state index contributed by atoms with van der Waals surface area (Å²) in [7, 11) is 0. The molecule has 0 aliphatic heterocycles. The fraction of sp³-hybridized carbons (Fsp3) is 0.0417. The van der Waals surface area contributed by atoms with Crippen molar-refractivity contribution >= 4 is 46.4 Å². The van der Waals surface area contributed by atoms with Crippen molar-refractivity contribution < 1.29 is 14.0 Å². The second kappa shape index (κ2) is 9.73. The molecule has 0 aliphatic carbocycles. The summed E-state index contributed by atoms with van der Waals surface area (Å²) < 4.78 is 13.0. The van der Waals surface area contributed by atoms with Gasteiger partial charge in [0, 0.05) is 21.7 Å². The zero-order valence-corrected chi connectivity index (χ0v) is 17.7. The standard InChI is InChI=1S/C24H16ClFN2O2S/c25-20-9-5-16(6-10-20)15-31-23-19(13-18-3-1-2-4-22(18)28-23)14-27-30-24(29)17-7-11-21(26)12-8-17/h1-14H,15H2/b27-14+. The van der Waals surface area contributed by atoms with Crippen molar-refractivity contribution in [2.75, 3.05) is 0 Å². The van der Waals surface area contributed by atoms with E-state index >= 15 is 0 Å². The molecule has 0 atom stereocenters. The molecule has 0 bridgehead atoms. The summed E-state index contributed by atoms with van der Waals surface area (Å²) in [5.41, 5.74) is 2.91. The van der Waals surface area contributed by atoms with E-state index in [1.165, 1.54) is 30.5 Å². The van der Waals surface area contributed by atoms with E-state index in [4.69, 9.17) is 21.4 Å². The first-order valence-electron chi connectivity index (χ1n) is 9.36. The van der Waals surface area contributed by atoms with Crippen LogP contribution in [0.4, 0.5) is 4.39 Å². The van der Waals surface area contributed by atoms with Gasteiger partial charge in [-0.1, -0.05) is 47.1 Å². The number of para-hydroxylation sites is 1. The van der Waals surface area contributed by atoms with E-state index in [1.807, 2.05) is 54.6 Å². The van der Waals surface area contributed by atoms with Crippen LogP contribution in [0.3, 0.4) is 0 Å². The highest BCUT2D eigenvalue weighted by atomic mass is 35.5. The molecule has 0 saturated heterocycles. The minimum atomic E-state index is -0.666. The predicted octanol–water partition coefficient (Wildman–Crippen LogP) is 6.51. The largest absolute Gasteiger partial charge is 0.365 e. The minimum absolute atomic E-state index is 0.215. The number of halogens is 2. The van der Waals surface area contributed by atoms with Gasteiger partial charge in [0.1, 0.15) is 10.8 Å². The van der Waals surface area contributed by atoms with Crippen molar-refractivity contribution in [3.63, 3.8) is 0 Å². The van der Waals surface area contributed by atoms with Crippen molar-refractivity contribution in [1.82, 2.24) is 4.98 Å². The van der Waals surface area contributed by atoms with Gasteiger partial charge in [-0.15, -0.1) is 11.8 Å². The van der Waals surface area contributed by atoms with E-state index < -0.39 is 11.8 Å². The SMILES string of the molecule is O=C(O/N=C/c1cc2ccccc2nc1SCc1ccc(Cl)cc1)c1ccc(F)cc1. The average Bonchev–Trinajstić information content (AvgIpc) is 2.79. The van der Waals surface area contributed by atoms with E-state index in [1.54, 1.807) is 11.8 Å². The lowest BCUT2D eigenvalue weighted by Crippen LogP contribution is -2.01. The number of fused-ring (bicyclic) bond motifs is 1. The van der Waals surface area contributed by atoms with Crippen molar-refractivity contribution in [2.45, 2.75) is 10.8 Å². The smallest absolute Gasteiger partial charge is 0.313 e. The highest BCUT2D eigenvalue weighted by Crippen LogP contribution is 2.27. The Balaban J connectivity index is 1.55. The van der Waals surface area contributed by atoms with Crippen molar-refractivity contribution in [3.05, 3.63) is 106 Å². The first-order chi connectivity index (χ1) is 15.1. The van der Waals surface area contributed by atoms with Gasteiger partial charge in [-0.2, -0.15) is 0 Å². The molecule has 0 radical (unpaired) electrons. The molecule has 0 unspecified atom stereocenters. The average molecular weight is 451 g/mol. The maximum Gasteiger partial charge on any atom is 0.365 e. The first kappa shape index (κ1) is 21.0. The number of pyridine rings is 1. The second-order valence-corrected chi connectivity index (χ2v) is 8.01. The number of hydrogen-bond donors (Lipinski definition) is 0. The quantitative estimate of drug-likeness (QED) is 0.145. The Hall–Kier alpha value is -3.22. The first-order valence-corrected chi connectivity index (χ1v) is 10.7. The minimum Gasteiger partial charge on any atom is -0.313 e. The molecule has 0 amide bonds. The van der Waals surface area contributed by atoms with Gasteiger partial charge in [0.05, 0.1) is 17.3 Å². The maximum absolute atomic E-state index is 13.0. The summed E-state index contributed by atoms with van der Waals surface area (Å²) in [4.78, 5) is 21.8. The van der Waals surface area contributed by atoms with Crippen LogP contribution < -0.4 is 0 Å². The van der Waals surface area contributed by atoms with Crippen LogP contribution >= 0.6 is 23.4 Å². The van der Waals surface area contributed by atoms with Crippen molar-refractivity contribution in [3.8, 4) is 0 Å². The maximum atomic E-state index is 13.0. The summed E-state index contributed by atoms with van der Waals surface area (Å²) in [6.45, 7) is 0. The summed E-state index contributed by atoms with van der Waals surface area (Å²) >= 11 is 7.51. The molecule has 4 rings (SSSR count). The molecule has 154 valence electrons. The van der Waals surface area contributed by atoms with E-state index in [0.717, 1.165) is 27.1 Å². The van der Waals surface area contributed by atoms with Gasteiger partial charge in [-0.3, -0.25) is 0 Å². The second-order valence-electron chi connectivity index (χ2n) is 6.61. The lowest BCUT2D eigenvalue weighted by Gasteiger charge is -2.07. The third kappa shape index (κ3) is 5.48. The van der Waals surface area contributed by atoms with E-state index in [2.05, 4.69) is 5.16 Å². The van der Waals surface area contributed by atoms with Gasteiger partial charge >= 0.3 is 5.97 Å². The third-order valence-electron chi connectivity index (χ3n) is 4.41. The topological polar surface area (TPSA) is 51.5 Å². The van der Waals surface area contributed by atoms with Crippen LogP contribution in [0, 0.1) is 5.82 Å². The lowest BCUT2D eigenvalue weighted by molar-refractivity contribution is 0.0519. The van der Waals surface area contributed by atoms with Gasteiger partial charge in [0.15, 0.2) is 0 Å². The van der Waals surface area contributed by atoms with Crippen LogP contribution in [0.15, 0.2) is 89.0 Å². The molecule has 1 heterocycles. The van der Waals surface area contributed by atoms with E-state index in [9.17, 15) is 9.18 Å². The molecule has 0 N–H and O–H groups in total. The van der Waals surface area contributed by atoms with Gasteiger partial charge < -0.3 is 4.84 Å². The fourth-order valence-corrected chi connectivity index (χ4v) is 3.89. The molecule has 4 nitrogen and oxygen atoms in total. The van der Waals surface area contributed by atoms with Crippen LogP contribution in [-0.2, 0) is 10.6 Å². The van der Waals surface area contributed by atoms with Gasteiger partial charge in [0.25, 0.3) is 0 Å². The number of carbonyl (C=O) groups is 1. The summed E-state index contributed by atoms with van der Waals surface area (Å²) in [5.74, 6) is -0.399. The molecule has 0 fully saturated rings. The summed E-state index contributed by atoms with van der Waals surface area (Å²) in [6, 6.07) is 22.4. The number of hydrogen-bond acceptors (Lipinski definition) is 5. The predicted molar refractivity (Wildman–Crippen MR) is 122 cm³/mol. The van der Waals surface area contributed by atoms with E-state index in [-0.39, 0.29) is 5.56 Å². The number of oxime groups is 1. The molecule has 1 aromatic heterocycles. The number of rotatable bonds is 6. The molecular formula is C24H16ClFN2O2S. The van der Waals surface area contributed by atoms with Crippen LogP contribution in [0.5, 0.6) is 0 Å².